The smallest absolute Gasteiger partial charge is 0.407 e. The standard InChI is InChI=1S/C41H54N8O6Si/c1-24(2)34(46-40(52)54-5)38(50)48-19-9-10-32(48)31-21-42-36(45-31)29-17-13-27(14-18-29)26-11-15-28(16-12-26)30-20-43-37(44-30)33-22-56(7,8)23-49(33)39(51)35(25(3)4)47-41(53)55-6/h11-18,20-21,24-25,32-35H,9-10,19,22-23H2,1-8H3,(H,42,45)(H,43,44)(H,46,52)(H,47,53)/t32-,33-,34-,35-/m0/s1. The number of imidazole rings is 2. The second kappa shape index (κ2) is 16.7. The van der Waals surface area contributed by atoms with Gasteiger partial charge in [-0.2, -0.15) is 0 Å². The number of ether oxygens (including phenoxy) is 2. The second-order valence-electron chi connectivity index (χ2n) is 16.3. The fraction of sp³-hybridized carbons (Fsp3) is 0.463. The van der Waals surface area contributed by atoms with Crippen molar-refractivity contribution in [3.63, 3.8) is 0 Å². The molecule has 0 radical (unpaired) electrons. The van der Waals surface area contributed by atoms with Gasteiger partial charge in [0.1, 0.15) is 23.7 Å². The van der Waals surface area contributed by atoms with Gasteiger partial charge in [-0.1, -0.05) is 89.3 Å². The summed E-state index contributed by atoms with van der Waals surface area (Å²) in [5.74, 6) is 1.01. The van der Waals surface area contributed by atoms with Gasteiger partial charge in [0.05, 0.1) is 58.2 Å². The first-order valence-corrected chi connectivity index (χ1v) is 22.7. The Balaban J connectivity index is 1.13. The Morgan fingerprint density at radius 3 is 1.82 bits per heavy atom. The van der Waals surface area contributed by atoms with Gasteiger partial charge in [-0.3, -0.25) is 9.59 Å². The number of carbonyl (C=O) groups excluding carboxylic acids is 4. The van der Waals surface area contributed by atoms with Gasteiger partial charge in [-0.15, -0.1) is 0 Å². The summed E-state index contributed by atoms with van der Waals surface area (Å²) < 4.78 is 9.56. The number of hydrogen-bond donors (Lipinski definition) is 4. The summed E-state index contributed by atoms with van der Waals surface area (Å²) in [6.07, 6.45) is 4.73. The van der Waals surface area contributed by atoms with E-state index in [1.54, 1.807) is 6.20 Å². The average molecular weight is 783 g/mol. The van der Waals surface area contributed by atoms with E-state index in [9.17, 15) is 19.2 Å². The molecular weight excluding hydrogens is 729 g/mol. The van der Waals surface area contributed by atoms with Crippen LogP contribution in [0.25, 0.3) is 33.8 Å². The van der Waals surface area contributed by atoms with Crippen molar-refractivity contribution in [2.75, 3.05) is 26.9 Å². The minimum absolute atomic E-state index is 0.100. The van der Waals surface area contributed by atoms with Gasteiger partial charge in [0.15, 0.2) is 0 Å². The van der Waals surface area contributed by atoms with E-state index in [4.69, 9.17) is 14.5 Å². The van der Waals surface area contributed by atoms with Gasteiger partial charge in [0.2, 0.25) is 11.8 Å². The first-order valence-electron chi connectivity index (χ1n) is 19.3. The van der Waals surface area contributed by atoms with Crippen molar-refractivity contribution in [3.05, 3.63) is 72.4 Å². The van der Waals surface area contributed by atoms with Crippen LogP contribution in [0.4, 0.5) is 9.59 Å². The van der Waals surface area contributed by atoms with Gasteiger partial charge in [0.25, 0.3) is 0 Å². The van der Waals surface area contributed by atoms with Crippen LogP contribution in [0.1, 0.15) is 64.1 Å². The van der Waals surface area contributed by atoms with Crippen LogP contribution in [0.5, 0.6) is 0 Å². The summed E-state index contributed by atoms with van der Waals surface area (Å²) in [5.41, 5.74) is 5.74. The molecule has 0 unspecified atom stereocenters. The predicted molar refractivity (Wildman–Crippen MR) is 216 cm³/mol. The molecule has 298 valence electrons. The maximum atomic E-state index is 13.8. The number of aromatic amines is 2. The van der Waals surface area contributed by atoms with Gasteiger partial charge >= 0.3 is 12.2 Å². The number of nitrogens with one attached hydrogen (secondary N) is 4. The van der Waals surface area contributed by atoms with Crippen molar-refractivity contribution >= 4 is 32.1 Å². The lowest BCUT2D eigenvalue weighted by atomic mass is 10.0. The fourth-order valence-corrected chi connectivity index (χ4v) is 10.7. The number of rotatable bonds is 11. The molecule has 2 aliphatic heterocycles. The number of H-pyrrole nitrogens is 2. The summed E-state index contributed by atoms with van der Waals surface area (Å²) in [6.45, 7) is 12.8. The molecule has 4 atom stereocenters. The first-order chi connectivity index (χ1) is 26.7. The lowest BCUT2D eigenvalue weighted by Crippen LogP contribution is -2.52. The Bertz CT molecular complexity index is 2030. The molecule has 2 aromatic heterocycles. The van der Waals surface area contributed by atoms with Crippen LogP contribution in [-0.2, 0) is 19.1 Å². The van der Waals surface area contributed by atoms with Crippen molar-refractivity contribution in [2.24, 2.45) is 11.8 Å². The van der Waals surface area contributed by atoms with Crippen molar-refractivity contribution in [2.45, 2.75) is 83.8 Å². The Kier molecular flexibility index (Phi) is 12.0. The maximum Gasteiger partial charge on any atom is 0.407 e. The zero-order chi connectivity index (χ0) is 40.3. The molecule has 15 heteroatoms. The van der Waals surface area contributed by atoms with E-state index in [-0.39, 0.29) is 35.7 Å². The largest absolute Gasteiger partial charge is 0.453 e. The van der Waals surface area contributed by atoms with Gasteiger partial charge < -0.3 is 39.9 Å². The molecule has 2 fully saturated rings. The summed E-state index contributed by atoms with van der Waals surface area (Å²) in [5, 5.41) is 5.43. The monoisotopic (exact) mass is 782 g/mol. The van der Waals surface area contributed by atoms with Crippen LogP contribution in [0, 0.1) is 11.8 Å². The minimum atomic E-state index is -1.74. The number of methoxy groups -OCH3 is 2. The SMILES string of the molecule is COC(=O)N[C@H](C(=O)N1CCC[C@H]1c1cnc(-c2ccc(-c3ccc(-c4cnc([C@@H]5C[Si](C)(C)CN5C(=O)[C@@H](NC(=O)OC)C(C)C)[nH]4)cc3)cc2)[nH]1)C(C)C. The lowest BCUT2D eigenvalue weighted by Gasteiger charge is -2.30. The molecule has 2 aliphatic rings. The van der Waals surface area contributed by atoms with Crippen LogP contribution < -0.4 is 10.6 Å². The van der Waals surface area contributed by atoms with Crippen molar-refractivity contribution in [1.82, 2.24) is 40.4 Å². The molecule has 4 amide bonds. The average Bonchev–Trinajstić information content (AvgIpc) is 4.01. The normalized spacial score (nSPS) is 18.9. The molecule has 2 aromatic carbocycles. The second-order valence-corrected chi connectivity index (χ2v) is 21.3. The van der Waals surface area contributed by atoms with Crippen LogP contribution >= 0.6 is 0 Å². The third kappa shape index (κ3) is 8.67. The Morgan fingerprint density at radius 2 is 1.27 bits per heavy atom. The maximum absolute atomic E-state index is 13.8. The van der Waals surface area contributed by atoms with Crippen molar-refractivity contribution in [3.8, 4) is 33.8 Å². The topological polar surface area (TPSA) is 175 Å². The first kappa shape index (κ1) is 40.2. The number of amides is 4. The van der Waals surface area contributed by atoms with Crippen LogP contribution in [-0.4, -0.2) is 101 Å². The van der Waals surface area contributed by atoms with Gasteiger partial charge in [-0.25, -0.2) is 19.6 Å². The van der Waals surface area contributed by atoms with Crippen molar-refractivity contribution in [1.29, 1.82) is 0 Å². The minimum Gasteiger partial charge on any atom is -0.453 e. The van der Waals surface area contributed by atoms with E-state index >= 15 is 0 Å². The molecule has 0 aliphatic carbocycles. The number of alkyl carbamates (subject to hydrolysis) is 2. The van der Waals surface area contributed by atoms with E-state index in [2.05, 4.69) is 75.1 Å². The highest BCUT2D eigenvalue weighted by Crippen LogP contribution is 2.38. The molecule has 0 bridgehead atoms. The lowest BCUT2D eigenvalue weighted by molar-refractivity contribution is -0.136. The number of hydrogen-bond acceptors (Lipinski definition) is 8. The van der Waals surface area contributed by atoms with Gasteiger partial charge in [0, 0.05) is 18.3 Å². The molecule has 2 saturated heterocycles. The van der Waals surface area contributed by atoms with E-state index < -0.39 is 32.3 Å². The quantitative estimate of drug-likeness (QED) is 0.122. The molecule has 6 rings (SSSR count). The number of nitrogens with zero attached hydrogens (tertiary/aromatic N) is 4. The summed E-state index contributed by atoms with van der Waals surface area (Å²) in [6, 6.07) is 15.6. The highest BCUT2D eigenvalue weighted by molar-refractivity contribution is 6.78. The molecule has 14 nitrogen and oxygen atoms in total. The number of aromatic nitrogens is 4. The van der Waals surface area contributed by atoms with E-state index in [1.807, 2.05) is 55.8 Å². The number of benzene rings is 2. The molecule has 4 N–H and O–H groups in total. The molecule has 4 aromatic rings. The number of likely N-dealkylation sites (tertiary alicyclic amines) is 1. The molecular formula is C41H54N8O6Si. The third-order valence-corrected chi connectivity index (χ3v) is 13.6. The zero-order valence-corrected chi connectivity index (χ0v) is 34.5. The zero-order valence-electron chi connectivity index (χ0n) is 33.5. The highest BCUT2D eigenvalue weighted by Gasteiger charge is 2.46. The van der Waals surface area contributed by atoms with Crippen LogP contribution in [0.15, 0.2) is 60.9 Å². The summed E-state index contributed by atoms with van der Waals surface area (Å²) >= 11 is 0. The molecule has 0 saturated carbocycles. The van der Waals surface area contributed by atoms with E-state index in [1.165, 1.54) is 14.2 Å². The van der Waals surface area contributed by atoms with Crippen LogP contribution in [0.2, 0.25) is 19.1 Å². The third-order valence-electron chi connectivity index (χ3n) is 10.9. The molecule has 4 heterocycles. The van der Waals surface area contributed by atoms with E-state index in [0.717, 1.165) is 64.2 Å². The predicted octanol–water partition coefficient (Wildman–Crippen LogP) is 6.69. The summed E-state index contributed by atoms with van der Waals surface area (Å²) in [4.78, 5) is 71.5. The summed E-state index contributed by atoms with van der Waals surface area (Å²) in [7, 11) is 0.848. The molecule has 56 heavy (non-hydrogen) atoms. The Labute approximate surface area is 329 Å². The Hall–Kier alpha value is -5.44. The highest BCUT2D eigenvalue weighted by atomic mass is 28.3. The molecule has 0 spiro atoms. The van der Waals surface area contributed by atoms with Gasteiger partial charge in [-0.05, 0) is 47.4 Å². The number of carbonyl (C=O) groups is 4. The fourth-order valence-electron chi connectivity index (χ4n) is 7.82. The van der Waals surface area contributed by atoms with Crippen molar-refractivity contribution < 1.29 is 28.7 Å². The van der Waals surface area contributed by atoms with E-state index in [0.29, 0.717) is 12.7 Å². The van der Waals surface area contributed by atoms with Crippen LogP contribution in [0.3, 0.4) is 0 Å². The Morgan fingerprint density at radius 1 is 0.732 bits per heavy atom.